The fourth-order valence-corrected chi connectivity index (χ4v) is 2.88. The van der Waals surface area contributed by atoms with Crippen molar-refractivity contribution in [1.82, 2.24) is 25.1 Å². The second kappa shape index (κ2) is 9.15. The molecule has 0 aliphatic heterocycles. The van der Waals surface area contributed by atoms with Gasteiger partial charge in [-0.25, -0.2) is 9.97 Å². The van der Waals surface area contributed by atoms with Crippen LogP contribution in [0.1, 0.15) is 31.3 Å². The maximum Gasteiger partial charge on any atom is 0.270 e. The molecule has 3 aromatic rings. The number of nitrogens with one attached hydrogen (secondary N) is 1. The Morgan fingerprint density at radius 2 is 1.90 bits per heavy atom. The average Bonchev–Trinajstić information content (AvgIpc) is 3.15. The van der Waals surface area contributed by atoms with Gasteiger partial charge in [0.15, 0.2) is 5.82 Å². The van der Waals surface area contributed by atoms with Crippen LogP contribution in [0.5, 0.6) is 0 Å². The van der Waals surface area contributed by atoms with E-state index in [1.807, 2.05) is 23.0 Å². The predicted molar refractivity (Wildman–Crippen MR) is 113 cm³/mol. The van der Waals surface area contributed by atoms with E-state index >= 15 is 0 Å². The first-order valence-corrected chi connectivity index (χ1v) is 9.83. The summed E-state index contributed by atoms with van der Waals surface area (Å²) in [7, 11) is 0. The van der Waals surface area contributed by atoms with E-state index in [-0.39, 0.29) is 24.2 Å². The summed E-state index contributed by atoms with van der Waals surface area (Å²) in [6, 6.07) is 8.47. The normalized spacial score (nSPS) is 12.2. The van der Waals surface area contributed by atoms with Gasteiger partial charge in [-0.15, -0.1) is 0 Å². The monoisotopic (exact) mass is 413 g/mol. The lowest BCUT2D eigenvalue weighted by atomic mass is 10.1. The number of benzene rings is 1. The fraction of sp³-hybridized carbons (Fsp3) is 0.333. The molecule has 1 aromatic carbocycles. The van der Waals surface area contributed by atoms with Crippen LogP contribution in [-0.4, -0.2) is 43.4 Å². The Kier molecular flexibility index (Phi) is 6.61. The standard InChI is InChI=1S/C21H24ClN5O2/c1-13(2)10-27-11-16(9-23-27)20-25-18(15-4-6-17(22)7-5-15)8-19(26-20)21(29)24-14(3)12-28/h4-9,11,13-14,28H,10,12H2,1-3H3,(H,24,29). The Labute approximate surface area is 174 Å². The molecule has 2 N–H and O–H groups in total. The van der Waals surface area contributed by atoms with Crippen LogP contribution in [0.25, 0.3) is 22.6 Å². The highest BCUT2D eigenvalue weighted by Crippen LogP contribution is 2.24. The Hall–Kier alpha value is -2.77. The number of aliphatic hydroxyl groups excluding tert-OH is 1. The quantitative estimate of drug-likeness (QED) is 0.619. The molecular formula is C21H24ClN5O2. The molecule has 152 valence electrons. The zero-order valence-corrected chi connectivity index (χ0v) is 17.4. The Morgan fingerprint density at radius 1 is 1.17 bits per heavy atom. The molecule has 1 atom stereocenters. The van der Waals surface area contributed by atoms with Crippen LogP contribution < -0.4 is 5.32 Å². The molecule has 0 radical (unpaired) electrons. The van der Waals surface area contributed by atoms with Gasteiger partial charge < -0.3 is 10.4 Å². The van der Waals surface area contributed by atoms with Crippen molar-refractivity contribution in [2.75, 3.05) is 6.61 Å². The van der Waals surface area contributed by atoms with E-state index in [4.69, 9.17) is 11.6 Å². The predicted octanol–water partition coefficient (Wildman–Crippen LogP) is 3.43. The summed E-state index contributed by atoms with van der Waals surface area (Å²) in [6.45, 7) is 6.57. The van der Waals surface area contributed by atoms with Crippen molar-refractivity contribution in [1.29, 1.82) is 0 Å². The molecule has 0 saturated carbocycles. The number of hydrogen-bond acceptors (Lipinski definition) is 5. The molecule has 0 bridgehead atoms. The molecule has 0 saturated heterocycles. The topological polar surface area (TPSA) is 92.9 Å². The molecule has 7 nitrogen and oxygen atoms in total. The van der Waals surface area contributed by atoms with Gasteiger partial charge in [0, 0.05) is 29.4 Å². The summed E-state index contributed by atoms with van der Waals surface area (Å²) >= 11 is 5.99. The van der Waals surface area contributed by atoms with E-state index in [0.29, 0.717) is 22.5 Å². The summed E-state index contributed by atoms with van der Waals surface area (Å²) in [5.74, 6) is 0.486. The van der Waals surface area contributed by atoms with Gasteiger partial charge >= 0.3 is 0 Å². The number of rotatable bonds is 7. The van der Waals surface area contributed by atoms with Crippen molar-refractivity contribution < 1.29 is 9.90 Å². The number of hydrogen-bond donors (Lipinski definition) is 2. The van der Waals surface area contributed by atoms with Crippen LogP contribution in [0, 0.1) is 5.92 Å². The minimum Gasteiger partial charge on any atom is -0.394 e. The maximum absolute atomic E-state index is 12.6. The number of aromatic nitrogens is 4. The highest BCUT2D eigenvalue weighted by molar-refractivity contribution is 6.30. The number of carbonyl (C=O) groups is 1. The highest BCUT2D eigenvalue weighted by Gasteiger charge is 2.17. The number of halogens is 1. The summed E-state index contributed by atoms with van der Waals surface area (Å²) in [6.07, 6.45) is 3.57. The van der Waals surface area contributed by atoms with Gasteiger partial charge in [-0.2, -0.15) is 5.10 Å². The minimum absolute atomic E-state index is 0.157. The minimum atomic E-state index is -0.381. The van der Waals surface area contributed by atoms with Gasteiger partial charge in [0.25, 0.3) is 5.91 Å². The third-order valence-electron chi connectivity index (χ3n) is 4.19. The molecule has 3 rings (SSSR count). The first-order chi connectivity index (χ1) is 13.9. The van der Waals surface area contributed by atoms with Crippen molar-refractivity contribution in [2.24, 2.45) is 5.92 Å². The van der Waals surface area contributed by atoms with Crippen LogP contribution in [-0.2, 0) is 6.54 Å². The highest BCUT2D eigenvalue weighted by atomic mass is 35.5. The molecule has 1 unspecified atom stereocenters. The van der Waals surface area contributed by atoms with E-state index in [1.54, 1.807) is 31.3 Å². The van der Waals surface area contributed by atoms with Crippen molar-refractivity contribution >= 4 is 17.5 Å². The van der Waals surface area contributed by atoms with Crippen molar-refractivity contribution in [3.05, 3.63) is 53.4 Å². The van der Waals surface area contributed by atoms with E-state index in [0.717, 1.165) is 17.7 Å². The lowest BCUT2D eigenvalue weighted by Gasteiger charge is -2.12. The zero-order chi connectivity index (χ0) is 21.0. The third-order valence-corrected chi connectivity index (χ3v) is 4.45. The number of aliphatic hydroxyl groups is 1. The number of carbonyl (C=O) groups excluding carboxylic acids is 1. The van der Waals surface area contributed by atoms with Crippen LogP contribution in [0.2, 0.25) is 5.02 Å². The van der Waals surface area contributed by atoms with E-state index in [9.17, 15) is 9.90 Å². The number of nitrogens with zero attached hydrogens (tertiary/aromatic N) is 4. The van der Waals surface area contributed by atoms with Crippen molar-refractivity contribution in [2.45, 2.75) is 33.4 Å². The molecule has 29 heavy (non-hydrogen) atoms. The van der Waals surface area contributed by atoms with E-state index < -0.39 is 0 Å². The molecule has 1 amide bonds. The molecule has 2 aromatic heterocycles. The van der Waals surface area contributed by atoms with Crippen LogP contribution in [0.15, 0.2) is 42.7 Å². The average molecular weight is 414 g/mol. The third kappa shape index (κ3) is 5.40. The molecule has 8 heteroatoms. The molecule has 0 aliphatic carbocycles. The molecular weight excluding hydrogens is 390 g/mol. The Bertz CT molecular complexity index is 985. The van der Waals surface area contributed by atoms with Gasteiger partial charge in [-0.1, -0.05) is 37.6 Å². The lowest BCUT2D eigenvalue weighted by Crippen LogP contribution is -2.35. The second-order valence-corrected chi connectivity index (χ2v) is 7.81. The number of amides is 1. The summed E-state index contributed by atoms with van der Waals surface area (Å²) in [5.41, 5.74) is 2.37. The van der Waals surface area contributed by atoms with E-state index in [1.165, 1.54) is 0 Å². The Balaban J connectivity index is 2.03. The van der Waals surface area contributed by atoms with Crippen LogP contribution in [0.3, 0.4) is 0 Å². The van der Waals surface area contributed by atoms with Gasteiger partial charge in [-0.05, 0) is 31.0 Å². The maximum atomic E-state index is 12.6. The van der Waals surface area contributed by atoms with Gasteiger partial charge in [-0.3, -0.25) is 9.48 Å². The first-order valence-electron chi connectivity index (χ1n) is 9.45. The SMILES string of the molecule is CC(C)Cn1cc(-c2nc(C(=O)NC(C)CO)cc(-c3ccc(Cl)cc3)n2)cn1. The summed E-state index contributed by atoms with van der Waals surface area (Å²) < 4.78 is 1.84. The Morgan fingerprint density at radius 3 is 2.55 bits per heavy atom. The smallest absolute Gasteiger partial charge is 0.270 e. The fourth-order valence-electron chi connectivity index (χ4n) is 2.76. The molecule has 0 aliphatic rings. The van der Waals surface area contributed by atoms with E-state index in [2.05, 4.69) is 34.2 Å². The van der Waals surface area contributed by atoms with Gasteiger partial charge in [0.2, 0.25) is 0 Å². The zero-order valence-electron chi connectivity index (χ0n) is 16.6. The lowest BCUT2D eigenvalue weighted by molar-refractivity contribution is 0.0917. The molecule has 0 fully saturated rings. The van der Waals surface area contributed by atoms with Crippen LogP contribution >= 0.6 is 11.6 Å². The molecule has 2 heterocycles. The van der Waals surface area contributed by atoms with Crippen LogP contribution in [0.4, 0.5) is 0 Å². The summed E-state index contributed by atoms with van der Waals surface area (Å²) in [5, 5.41) is 16.9. The molecule has 0 spiro atoms. The largest absolute Gasteiger partial charge is 0.394 e. The van der Waals surface area contributed by atoms with Crippen molar-refractivity contribution in [3.8, 4) is 22.6 Å². The first kappa shape index (κ1) is 21.0. The summed E-state index contributed by atoms with van der Waals surface area (Å²) in [4.78, 5) is 21.7. The van der Waals surface area contributed by atoms with Gasteiger partial charge in [0.05, 0.1) is 24.1 Å². The van der Waals surface area contributed by atoms with Gasteiger partial charge in [0.1, 0.15) is 5.69 Å². The van der Waals surface area contributed by atoms with Crippen molar-refractivity contribution in [3.63, 3.8) is 0 Å². The second-order valence-electron chi connectivity index (χ2n) is 7.37.